The van der Waals surface area contributed by atoms with Crippen LogP contribution in [0.2, 0.25) is 0 Å². The van der Waals surface area contributed by atoms with Gasteiger partial charge in [0.2, 0.25) is 11.8 Å². The Bertz CT molecular complexity index is 293. The number of nitrogens with one attached hydrogen (secondary N) is 1. The van der Waals surface area contributed by atoms with E-state index in [9.17, 15) is 9.59 Å². The lowest BCUT2D eigenvalue weighted by molar-refractivity contribution is -0.132. The van der Waals surface area contributed by atoms with Gasteiger partial charge in [0.15, 0.2) is 0 Å². The summed E-state index contributed by atoms with van der Waals surface area (Å²) in [5.74, 6) is -0.0618. The van der Waals surface area contributed by atoms with Crippen LogP contribution in [0.4, 0.5) is 0 Å². The van der Waals surface area contributed by atoms with Crippen molar-refractivity contribution in [2.24, 2.45) is 11.1 Å². The average Bonchev–Trinajstić information content (AvgIpc) is 2.70. The van der Waals surface area contributed by atoms with Gasteiger partial charge in [-0.15, -0.1) is 0 Å². The summed E-state index contributed by atoms with van der Waals surface area (Å²) < 4.78 is 0. The van der Waals surface area contributed by atoms with E-state index in [1.165, 1.54) is 0 Å². The molecule has 0 aromatic carbocycles. The molecule has 1 aliphatic heterocycles. The van der Waals surface area contributed by atoms with E-state index in [-0.39, 0.29) is 23.8 Å². The van der Waals surface area contributed by atoms with Crippen LogP contribution in [-0.4, -0.2) is 42.9 Å². The highest BCUT2D eigenvalue weighted by Gasteiger charge is 2.34. The number of likely N-dealkylation sites (tertiary alicyclic amines) is 1. The van der Waals surface area contributed by atoms with Gasteiger partial charge in [0.1, 0.15) is 0 Å². The number of amides is 2. The van der Waals surface area contributed by atoms with Crippen molar-refractivity contribution in [2.75, 3.05) is 26.2 Å². The zero-order chi connectivity index (χ0) is 12.9. The number of hydrogen-bond acceptors (Lipinski definition) is 3. The lowest BCUT2D eigenvalue weighted by Gasteiger charge is -2.22. The maximum atomic E-state index is 11.8. The van der Waals surface area contributed by atoms with Crippen molar-refractivity contribution in [3.63, 3.8) is 0 Å². The molecule has 98 valence electrons. The minimum Gasteiger partial charge on any atom is -0.347 e. The first-order valence-electron chi connectivity index (χ1n) is 6.25. The third kappa shape index (κ3) is 4.00. The summed E-state index contributed by atoms with van der Waals surface area (Å²) in [6.07, 6.45) is 2.22. The van der Waals surface area contributed by atoms with Gasteiger partial charge in [-0.1, -0.05) is 13.8 Å². The summed E-state index contributed by atoms with van der Waals surface area (Å²) in [4.78, 5) is 24.9. The Labute approximate surface area is 103 Å². The normalized spacial score (nSPS) is 23.8. The fourth-order valence-electron chi connectivity index (χ4n) is 2.00. The van der Waals surface area contributed by atoms with Crippen LogP contribution in [0, 0.1) is 5.41 Å². The summed E-state index contributed by atoms with van der Waals surface area (Å²) in [5, 5.41) is 2.64. The predicted octanol–water partition coefficient (Wildman–Crippen LogP) is 0.100. The van der Waals surface area contributed by atoms with Gasteiger partial charge in [0.25, 0.3) is 0 Å². The molecule has 0 saturated carbocycles. The van der Waals surface area contributed by atoms with Gasteiger partial charge in [-0.2, -0.15) is 0 Å². The van der Waals surface area contributed by atoms with E-state index in [0.29, 0.717) is 19.5 Å². The molecule has 17 heavy (non-hydrogen) atoms. The molecule has 0 radical (unpaired) electrons. The number of hydrogen-bond donors (Lipinski definition) is 2. The zero-order valence-electron chi connectivity index (χ0n) is 10.8. The van der Waals surface area contributed by atoms with Crippen LogP contribution in [-0.2, 0) is 9.59 Å². The molecule has 5 nitrogen and oxygen atoms in total. The molecule has 1 heterocycles. The number of rotatable bonds is 5. The number of carbonyl (C=O) groups is 2. The Morgan fingerprint density at radius 2 is 2.18 bits per heavy atom. The average molecular weight is 241 g/mol. The van der Waals surface area contributed by atoms with Crippen LogP contribution in [0.5, 0.6) is 0 Å². The Hall–Kier alpha value is -1.10. The largest absolute Gasteiger partial charge is 0.347 e. The quantitative estimate of drug-likeness (QED) is 0.717. The standard InChI is InChI=1S/C12H23N3O2/c1-3-4-10(16)14-7-11(17)15-6-5-12(2,8-13)9-15/h3-9,13H2,1-2H3,(H,14,16). The van der Waals surface area contributed by atoms with Gasteiger partial charge >= 0.3 is 0 Å². The van der Waals surface area contributed by atoms with E-state index >= 15 is 0 Å². The molecule has 2 amide bonds. The van der Waals surface area contributed by atoms with Crippen LogP contribution < -0.4 is 11.1 Å². The Morgan fingerprint density at radius 3 is 2.71 bits per heavy atom. The third-order valence-corrected chi connectivity index (χ3v) is 3.32. The van der Waals surface area contributed by atoms with E-state index < -0.39 is 0 Å². The maximum Gasteiger partial charge on any atom is 0.241 e. The molecular weight excluding hydrogens is 218 g/mol. The Balaban J connectivity index is 2.32. The zero-order valence-corrected chi connectivity index (χ0v) is 10.8. The van der Waals surface area contributed by atoms with E-state index in [4.69, 9.17) is 5.73 Å². The lowest BCUT2D eigenvalue weighted by Crippen LogP contribution is -2.40. The van der Waals surface area contributed by atoms with E-state index in [2.05, 4.69) is 12.2 Å². The molecular formula is C12H23N3O2. The van der Waals surface area contributed by atoms with E-state index in [1.807, 2.05) is 6.92 Å². The summed E-state index contributed by atoms with van der Waals surface area (Å²) >= 11 is 0. The van der Waals surface area contributed by atoms with Crippen molar-refractivity contribution in [2.45, 2.75) is 33.1 Å². The van der Waals surface area contributed by atoms with Crippen LogP contribution in [0.25, 0.3) is 0 Å². The van der Waals surface area contributed by atoms with Gasteiger partial charge in [-0.25, -0.2) is 0 Å². The fraction of sp³-hybridized carbons (Fsp3) is 0.833. The molecule has 1 rings (SSSR count). The van der Waals surface area contributed by atoms with Gasteiger partial charge in [0.05, 0.1) is 6.54 Å². The molecule has 3 N–H and O–H groups in total. The van der Waals surface area contributed by atoms with Crippen LogP contribution in [0.3, 0.4) is 0 Å². The molecule has 0 aromatic heterocycles. The van der Waals surface area contributed by atoms with E-state index in [0.717, 1.165) is 19.4 Å². The van der Waals surface area contributed by atoms with Crippen LogP contribution in [0.1, 0.15) is 33.1 Å². The van der Waals surface area contributed by atoms with Crippen molar-refractivity contribution in [3.05, 3.63) is 0 Å². The molecule has 5 heteroatoms. The fourth-order valence-corrected chi connectivity index (χ4v) is 2.00. The molecule has 1 aliphatic rings. The molecule has 1 atom stereocenters. The third-order valence-electron chi connectivity index (χ3n) is 3.32. The Morgan fingerprint density at radius 1 is 1.47 bits per heavy atom. The van der Waals surface area contributed by atoms with Crippen molar-refractivity contribution >= 4 is 11.8 Å². The minimum atomic E-state index is -0.0540. The first kappa shape index (κ1) is 14.0. The first-order chi connectivity index (χ1) is 8.00. The molecule has 1 unspecified atom stereocenters. The highest BCUT2D eigenvalue weighted by atomic mass is 16.2. The summed E-state index contributed by atoms with van der Waals surface area (Å²) in [6.45, 7) is 6.19. The SMILES string of the molecule is CCCC(=O)NCC(=O)N1CCC(C)(CN)C1. The predicted molar refractivity (Wildman–Crippen MR) is 66.3 cm³/mol. The number of nitrogens with zero attached hydrogens (tertiary/aromatic N) is 1. The van der Waals surface area contributed by atoms with Crippen molar-refractivity contribution < 1.29 is 9.59 Å². The van der Waals surface area contributed by atoms with Gasteiger partial charge in [-0.05, 0) is 24.8 Å². The van der Waals surface area contributed by atoms with E-state index in [1.54, 1.807) is 4.90 Å². The lowest BCUT2D eigenvalue weighted by atomic mass is 9.90. The van der Waals surface area contributed by atoms with Crippen molar-refractivity contribution in [3.8, 4) is 0 Å². The molecule has 0 aliphatic carbocycles. The molecule has 1 fully saturated rings. The highest BCUT2D eigenvalue weighted by Crippen LogP contribution is 2.28. The second-order valence-corrected chi connectivity index (χ2v) is 5.11. The second-order valence-electron chi connectivity index (χ2n) is 5.11. The summed E-state index contributed by atoms with van der Waals surface area (Å²) in [7, 11) is 0. The van der Waals surface area contributed by atoms with Crippen LogP contribution in [0.15, 0.2) is 0 Å². The monoisotopic (exact) mass is 241 g/mol. The second kappa shape index (κ2) is 6.00. The molecule has 0 spiro atoms. The molecule has 0 aromatic rings. The Kier molecular flexibility index (Phi) is 4.93. The maximum absolute atomic E-state index is 11.8. The smallest absolute Gasteiger partial charge is 0.241 e. The van der Waals surface area contributed by atoms with Crippen molar-refractivity contribution in [1.29, 1.82) is 0 Å². The van der Waals surface area contributed by atoms with Crippen LogP contribution >= 0.6 is 0 Å². The van der Waals surface area contributed by atoms with Gasteiger partial charge in [0, 0.05) is 19.5 Å². The summed E-state index contributed by atoms with van der Waals surface area (Å²) in [6, 6.07) is 0. The number of carbonyl (C=O) groups excluding carboxylic acids is 2. The molecule has 1 saturated heterocycles. The topological polar surface area (TPSA) is 75.4 Å². The number of nitrogens with two attached hydrogens (primary N) is 1. The first-order valence-corrected chi connectivity index (χ1v) is 6.25. The summed E-state index contributed by atoms with van der Waals surface area (Å²) in [5.41, 5.74) is 5.73. The highest BCUT2D eigenvalue weighted by molar-refractivity contribution is 5.84. The van der Waals surface area contributed by atoms with Crippen molar-refractivity contribution in [1.82, 2.24) is 10.2 Å². The minimum absolute atomic E-state index is 0.00775. The molecule has 0 bridgehead atoms. The van der Waals surface area contributed by atoms with Gasteiger partial charge < -0.3 is 16.0 Å². The van der Waals surface area contributed by atoms with Gasteiger partial charge in [-0.3, -0.25) is 9.59 Å².